The summed E-state index contributed by atoms with van der Waals surface area (Å²) in [6, 6.07) is 2.12. The molecule has 1 heterocycles. The minimum atomic E-state index is -0.158. The predicted molar refractivity (Wildman–Crippen MR) is 61.5 cm³/mol. The molecule has 1 saturated heterocycles. The van der Waals surface area contributed by atoms with Crippen LogP contribution in [0.1, 0.15) is 45.4 Å². The molecule has 1 amide bonds. The Balaban J connectivity index is 2.05. The third kappa shape index (κ3) is 2.07. The normalized spacial score (nSPS) is 34.8. The van der Waals surface area contributed by atoms with Crippen LogP contribution in [-0.2, 0) is 4.79 Å². The van der Waals surface area contributed by atoms with Crippen molar-refractivity contribution in [2.75, 3.05) is 6.54 Å². The summed E-state index contributed by atoms with van der Waals surface area (Å²) in [7, 11) is 0. The van der Waals surface area contributed by atoms with Gasteiger partial charge in [0.1, 0.15) is 6.04 Å². The van der Waals surface area contributed by atoms with Gasteiger partial charge in [-0.25, -0.2) is 0 Å². The molecule has 0 aromatic rings. The molecule has 3 unspecified atom stereocenters. The number of hydrogen-bond donors (Lipinski definition) is 0. The van der Waals surface area contributed by atoms with E-state index in [0.717, 1.165) is 32.2 Å². The summed E-state index contributed by atoms with van der Waals surface area (Å²) in [5.41, 5.74) is 0. The Labute approximate surface area is 97.4 Å². The van der Waals surface area contributed by atoms with Crippen LogP contribution in [0.4, 0.5) is 0 Å². The van der Waals surface area contributed by atoms with Crippen LogP contribution in [0.25, 0.3) is 0 Å². The number of rotatable bonds is 1. The summed E-state index contributed by atoms with van der Waals surface area (Å²) in [6.45, 7) is 2.96. The fourth-order valence-corrected chi connectivity index (χ4v) is 3.05. The van der Waals surface area contributed by atoms with Crippen molar-refractivity contribution in [3.8, 4) is 6.07 Å². The second kappa shape index (κ2) is 4.86. The first-order chi connectivity index (χ1) is 7.74. The molecule has 3 heteroatoms. The smallest absolute Gasteiger partial charge is 0.227 e. The van der Waals surface area contributed by atoms with Gasteiger partial charge < -0.3 is 4.90 Å². The largest absolute Gasteiger partial charge is 0.326 e. The molecule has 1 aliphatic heterocycles. The predicted octanol–water partition coefficient (Wildman–Crippen LogP) is 2.33. The van der Waals surface area contributed by atoms with Crippen molar-refractivity contribution in [1.82, 2.24) is 4.90 Å². The molecule has 1 saturated carbocycles. The molecule has 2 fully saturated rings. The van der Waals surface area contributed by atoms with Crippen molar-refractivity contribution in [3.63, 3.8) is 0 Å². The maximum atomic E-state index is 12.4. The van der Waals surface area contributed by atoms with Crippen LogP contribution in [0.2, 0.25) is 0 Å². The van der Waals surface area contributed by atoms with Gasteiger partial charge in [0.05, 0.1) is 6.07 Å². The second-order valence-electron chi connectivity index (χ2n) is 5.19. The van der Waals surface area contributed by atoms with E-state index in [-0.39, 0.29) is 17.9 Å². The maximum absolute atomic E-state index is 12.4. The molecule has 0 bridgehead atoms. The lowest BCUT2D eigenvalue weighted by atomic mass is 9.94. The van der Waals surface area contributed by atoms with E-state index >= 15 is 0 Å². The number of likely N-dealkylation sites (tertiary alicyclic amines) is 1. The van der Waals surface area contributed by atoms with Gasteiger partial charge in [-0.05, 0) is 38.0 Å². The first-order valence-corrected chi connectivity index (χ1v) is 6.44. The molecule has 16 heavy (non-hydrogen) atoms. The van der Waals surface area contributed by atoms with Gasteiger partial charge in [0.15, 0.2) is 0 Å². The molecule has 3 nitrogen and oxygen atoms in total. The fourth-order valence-electron chi connectivity index (χ4n) is 3.05. The van der Waals surface area contributed by atoms with E-state index in [2.05, 4.69) is 13.0 Å². The molecular weight excluding hydrogens is 200 g/mol. The Kier molecular flexibility index (Phi) is 3.48. The van der Waals surface area contributed by atoms with Crippen LogP contribution in [-0.4, -0.2) is 23.4 Å². The summed E-state index contributed by atoms with van der Waals surface area (Å²) in [4.78, 5) is 14.2. The van der Waals surface area contributed by atoms with Crippen LogP contribution in [0.5, 0.6) is 0 Å². The molecule has 2 aliphatic rings. The maximum Gasteiger partial charge on any atom is 0.227 e. The van der Waals surface area contributed by atoms with Gasteiger partial charge in [0.2, 0.25) is 5.91 Å². The van der Waals surface area contributed by atoms with E-state index in [1.165, 1.54) is 12.8 Å². The van der Waals surface area contributed by atoms with Gasteiger partial charge in [0.25, 0.3) is 0 Å². The minimum Gasteiger partial charge on any atom is -0.326 e. The molecule has 3 atom stereocenters. The van der Waals surface area contributed by atoms with Gasteiger partial charge in [0, 0.05) is 12.5 Å². The number of hydrogen-bond acceptors (Lipinski definition) is 2. The lowest BCUT2D eigenvalue weighted by Crippen LogP contribution is -2.46. The zero-order chi connectivity index (χ0) is 11.5. The Morgan fingerprint density at radius 1 is 1.25 bits per heavy atom. The highest BCUT2D eigenvalue weighted by Gasteiger charge is 2.36. The number of carbonyl (C=O) groups is 1. The summed E-state index contributed by atoms with van der Waals surface area (Å²) >= 11 is 0. The molecular formula is C13H20N2O. The van der Waals surface area contributed by atoms with Crippen LogP contribution in [0, 0.1) is 23.2 Å². The van der Waals surface area contributed by atoms with Crippen molar-refractivity contribution in [3.05, 3.63) is 0 Å². The molecule has 2 rings (SSSR count). The Bertz CT molecular complexity index is 308. The van der Waals surface area contributed by atoms with Gasteiger partial charge in [-0.2, -0.15) is 5.26 Å². The topological polar surface area (TPSA) is 44.1 Å². The number of carbonyl (C=O) groups excluding carboxylic acids is 1. The number of piperidine rings is 1. The van der Waals surface area contributed by atoms with Crippen LogP contribution < -0.4 is 0 Å². The lowest BCUT2D eigenvalue weighted by molar-refractivity contribution is -0.139. The van der Waals surface area contributed by atoms with Crippen molar-refractivity contribution < 1.29 is 4.79 Å². The zero-order valence-corrected chi connectivity index (χ0v) is 9.98. The van der Waals surface area contributed by atoms with Gasteiger partial charge >= 0.3 is 0 Å². The monoisotopic (exact) mass is 220 g/mol. The third-order valence-corrected chi connectivity index (χ3v) is 4.11. The fraction of sp³-hybridized carbons (Fsp3) is 0.846. The van der Waals surface area contributed by atoms with Crippen LogP contribution in [0.3, 0.4) is 0 Å². The van der Waals surface area contributed by atoms with Crippen molar-refractivity contribution in [2.24, 2.45) is 11.8 Å². The van der Waals surface area contributed by atoms with E-state index in [0.29, 0.717) is 5.92 Å². The molecule has 0 radical (unpaired) electrons. The average molecular weight is 220 g/mol. The van der Waals surface area contributed by atoms with E-state index in [9.17, 15) is 4.79 Å². The highest BCUT2D eigenvalue weighted by molar-refractivity contribution is 5.80. The summed E-state index contributed by atoms with van der Waals surface area (Å²) in [5, 5.41) is 9.08. The van der Waals surface area contributed by atoms with Gasteiger partial charge in [-0.1, -0.05) is 13.3 Å². The first kappa shape index (κ1) is 11.4. The zero-order valence-electron chi connectivity index (χ0n) is 9.98. The number of nitrogens with zero attached hydrogens (tertiary/aromatic N) is 2. The molecule has 88 valence electrons. The second-order valence-corrected chi connectivity index (χ2v) is 5.19. The van der Waals surface area contributed by atoms with E-state index in [1.54, 1.807) is 0 Å². The Morgan fingerprint density at radius 2 is 2.06 bits per heavy atom. The first-order valence-electron chi connectivity index (χ1n) is 6.44. The highest BCUT2D eigenvalue weighted by atomic mass is 16.2. The molecule has 0 aromatic carbocycles. The van der Waals surface area contributed by atoms with E-state index < -0.39 is 0 Å². The average Bonchev–Trinajstić information content (AvgIpc) is 2.74. The standard InChI is InChI=1S/C13H20N2O/c1-10-5-4-7-12(10)13(16)15-8-3-2-6-11(15)9-14/h10-12H,2-8H2,1H3. The molecule has 0 N–H and O–H groups in total. The molecule has 1 aliphatic carbocycles. The number of amides is 1. The summed E-state index contributed by atoms with van der Waals surface area (Å²) in [6.07, 6.45) is 6.37. The molecule has 0 aromatic heterocycles. The highest BCUT2D eigenvalue weighted by Crippen LogP contribution is 2.34. The SMILES string of the molecule is CC1CCCC1C(=O)N1CCCCC1C#N. The van der Waals surface area contributed by atoms with Crippen LogP contribution in [0.15, 0.2) is 0 Å². The Morgan fingerprint density at radius 3 is 2.69 bits per heavy atom. The van der Waals surface area contributed by atoms with Crippen molar-refractivity contribution >= 4 is 5.91 Å². The van der Waals surface area contributed by atoms with E-state index in [1.807, 2.05) is 4.90 Å². The Hall–Kier alpha value is -1.04. The molecule has 0 spiro atoms. The summed E-state index contributed by atoms with van der Waals surface area (Å²) < 4.78 is 0. The van der Waals surface area contributed by atoms with Gasteiger partial charge in [-0.15, -0.1) is 0 Å². The third-order valence-electron chi connectivity index (χ3n) is 4.11. The van der Waals surface area contributed by atoms with Crippen molar-refractivity contribution in [1.29, 1.82) is 5.26 Å². The van der Waals surface area contributed by atoms with E-state index in [4.69, 9.17) is 5.26 Å². The van der Waals surface area contributed by atoms with Crippen molar-refractivity contribution in [2.45, 2.75) is 51.5 Å². The van der Waals surface area contributed by atoms with Gasteiger partial charge in [-0.3, -0.25) is 4.79 Å². The summed E-state index contributed by atoms with van der Waals surface area (Å²) in [5.74, 6) is 0.943. The lowest BCUT2D eigenvalue weighted by Gasteiger charge is -2.34. The van der Waals surface area contributed by atoms with Crippen LogP contribution >= 0.6 is 0 Å². The number of nitriles is 1. The quantitative estimate of drug-likeness (QED) is 0.680. The minimum absolute atomic E-state index is 0.158.